The minimum absolute atomic E-state index is 0. The number of benzene rings is 2. The van der Waals surface area contributed by atoms with E-state index in [0.717, 1.165) is 34.6 Å². The Morgan fingerprint density at radius 2 is 1.71 bits per heavy atom. The fourth-order valence-electron chi connectivity index (χ4n) is 3.24. The highest BCUT2D eigenvalue weighted by molar-refractivity contribution is 7.85. The van der Waals surface area contributed by atoms with E-state index in [4.69, 9.17) is 10.2 Å². The molecule has 0 saturated heterocycles. The zero-order valence-electron chi connectivity index (χ0n) is 19.3. The molecule has 2 aromatic heterocycles. The van der Waals surface area contributed by atoms with Crippen LogP contribution in [0.2, 0.25) is 0 Å². The highest BCUT2D eigenvalue weighted by atomic mass is 32.2. The minimum Gasteiger partial charge on any atom is -0.414 e. The van der Waals surface area contributed by atoms with Crippen LogP contribution in [0.5, 0.6) is 0 Å². The highest BCUT2D eigenvalue weighted by Crippen LogP contribution is 2.28. The van der Waals surface area contributed by atoms with Crippen molar-refractivity contribution < 1.29 is 18.4 Å². The van der Waals surface area contributed by atoms with E-state index in [1.54, 1.807) is 6.20 Å². The molecule has 34 heavy (non-hydrogen) atoms. The summed E-state index contributed by atoms with van der Waals surface area (Å²) >= 11 is 0. The first-order valence-electron chi connectivity index (χ1n) is 10.7. The van der Waals surface area contributed by atoms with Crippen molar-refractivity contribution in [2.24, 2.45) is 0 Å². The van der Waals surface area contributed by atoms with E-state index in [2.05, 4.69) is 25.5 Å². The Kier molecular flexibility index (Phi) is 8.21. The van der Waals surface area contributed by atoms with Crippen LogP contribution in [0.4, 0.5) is 5.82 Å². The van der Waals surface area contributed by atoms with Gasteiger partial charge in [0.05, 0.1) is 22.7 Å². The zero-order valence-corrected chi connectivity index (χ0v) is 20.1. The quantitative estimate of drug-likeness (QED) is 0.379. The highest BCUT2D eigenvalue weighted by Gasteiger charge is 2.17. The zero-order chi connectivity index (χ0) is 23.4. The van der Waals surface area contributed by atoms with E-state index >= 15 is 0 Å². The number of nitrogens with zero attached hydrogens (tertiary/aromatic N) is 4. The average Bonchev–Trinajstić information content (AvgIpc) is 3.34. The summed E-state index contributed by atoms with van der Waals surface area (Å²) in [5.74, 6) is 0.781. The van der Waals surface area contributed by atoms with Crippen LogP contribution in [0.15, 0.2) is 64.0 Å². The third kappa shape index (κ3) is 5.36. The summed E-state index contributed by atoms with van der Waals surface area (Å²) in [5, 5.41) is 11.5. The van der Waals surface area contributed by atoms with E-state index in [-0.39, 0.29) is 26.7 Å². The maximum absolute atomic E-state index is 12.5. The van der Waals surface area contributed by atoms with Gasteiger partial charge in [-0.25, -0.2) is 9.97 Å². The van der Waals surface area contributed by atoms with Crippen molar-refractivity contribution in [1.29, 1.82) is 0 Å². The molecule has 0 radical (unpaired) electrons. The lowest BCUT2D eigenvalue weighted by molar-refractivity contribution is 0.582. The van der Waals surface area contributed by atoms with Crippen molar-refractivity contribution in [1.82, 2.24) is 25.5 Å². The summed E-state index contributed by atoms with van der Waals surface area (Å²) in [5.41, 5.74) is 9.79. The van der Waals surface area contributed by atoms with Gasteiger partial charge in [0, 0.05) is 32.1 Å². The second-order valence-electron chi connectivity index (χ2n) is 7.67. The summed E-state index contributed by atoms with van der Waals surface area (Å²) in [6.45, 7) is 4.80. The SMILES string of the molecule is CCC(C)S(=O)c1ccc(-c2cnc(N)c(-c3nnc(-c4ccc(CNC)cc4)o3)n2)cc1.O.[HH].[HH].[HH]. The van der Waals surface area contributed by atoms with Crippen LogP contribution in [-0.4, -0.2) is 42.1 Å². The molecule has 2 unspecified atom stereocenters. The molecule has 0 aliphatic rings. The second-order valence-corrected chi connectivity index (χ2v) is 9.54. The Balaban J connectivity index is 0.00000324. The number of hydrogen-bond acceptors (Lipinski definition) is 8. The van der Waals surface area contributed by atoms with Gasteiger partial charge in [-0.15, -0.1) is 10.2 Å². The lowest BCUT2D eigenvalue weighted by Crippen LogP contribution is -2.09. The van der Waals surface area contributed by atoms with Gasteiger partial charge < -0.3 is 20.9 Å². The number of hydrogen-bond donors (Lipinski definition) is 2. The summed E-state index contributed by atoms with van der Waals surface area (Å²) < 4.78 is 18.4. The predicted molar refractivity (Wildman–Crippen MR) is 139 cm³/mol. The summed E-state index contributed by atoms with van der Waals surface area (Å²) in [6.07, 6.45) is 2.45. The molecule has 2 heterocycles. The number of nitrogen functional groups attached to an aromatic ring is 1. The van der Waals surface area contributed by atoms with Gasteiger partial charge in [0.2, 0.25) is 5.89 Å². The molecule has 2 atom stereocenters. The largest absolute Gasteiger partial charge is 0.414 e. The molecule has 9 nitrogen and oxygen atoms in total. The summed E-state index contributed by atoms with van der Waals surface area (Å²) in [4.78, 5) is 9.67. The fourth-order valence-corrected chi connectivity index (χ4v) is 4.41. The predicted octanol–water partition coefficient (Wildman–Crippen LogP) is 3.98. The van der Waals surface area contributed by atoms with E-state index in [1.807, 2.05) is 69.4 Å². The van der Waals surface area contributed by atoms with Crippen LogP contribution in [0.1, 0.15) is 30.1 Å². The summed E-state index contributed by atoms with van der Waals surface area (Å²) in [7, 11) is 0.861. The number of aromatic nitrogens is 4. The second kappa shape index (κ2) is 11.1. The Morgan fingerprint density at radius 1 is 1.06 bits per heavy atom. The molecule has 2 aromatic carbocycles. The van der Waals surface area contributed by atoms with Crippen molar-refractivity contribution in [3.63, 3.8) is 0 Å². The third-order valence-electron chi connectivity index (χ3n) is 5.33. The Bertz CT molecular complexity index is 1270. The van der Waals surface area contributed by atoms with Crippen LogP contribution in [0.25, 0.3) is 34.3 Å². The molecule has 0 amide bonds. The first-order chi connectivity index (χ1) is 16.0. The molecule has 0 saturated carbocycles. The van der Waals surface area contributed by atoms with Crippen LogP contribution in [0.3, 0.4) is 0 Å². The molecule has 0 fully saturated rings. The van der Waals surface area contributed by atoms with Gasteiger partial charge in [-0.05, 0) is 43.3 Å². The Morgan fingerprint density at radius 3 is 2.35 bits per heavy atom. The van der Waals surface area contributed by atoms with E-state index < -0.39 is 10.8 Å². The topological polar surface area (TPSA) is 151 Å². The van der Waals surface area contributed by atoms with Gasteiger partial charge in [-0.2, -0.15) is 0 Å². The first kappa shape index (κ1) is 25.2. The molecule has 4 rings (SSSR count). The molecule has 0 aliphatic carbocycles. The van der Waals surface area contributed by atoms with Crippen LogP contribution >= 0.6 is 0 Å². The number of anilines is 1. The molecule has 5 N–H and O–H groups in total. The first-order valence-corrected chi connectivity index (χ1v) is 11.9. The van der Waals surface area contributed by atoms with E-state index in [1.165, 1.54) is 0 Å². The van der Waals surface area contributed by atoms with E-state index in [0.29, 0.717) is 17.3 Å². The fraction of sp³-hybridized carbons (Fsp3) is 0.250. The van der Waals surface area contributed by atoms with Gasteiger partial charge in [0.25, 0.3) is 5.89 Å². The number of nitrogens with two attached hydrogens (primary N) is 1. The number of rotatable bonds is 8. The molecule has 0 bridgehead atoms. The molecule has 10 heteroatoms. The lowest BCUT2D eigenvalue weighted by Gasteiger charge is -2.09. The third-order valence-corrected chi connectivity index (χ3v) is 7.13. The van der Waals surface area contributed by atoms with Crippen molar-refractivity contribution in [2.75, 3.05) is 12.8 Å². The van der Waals surface area contributed by atoms with Gasteiger partial charge in [0.15, 0.2) is 11.5 Å². The number of nitrogens with one attached hydrogen (secondary N) is 1. The standard InChI is InChI=1S/C24H26N6O2S.H2O.3H2/c1-4-15(2)33(31)19-11-9-17(10-12-19)20-14-27-22(25)21(28-20)24-30-29-23(32-24)18-7-5-16(6-8-18)13-26-3;;;;/h5-12,14-15,26H,4,13H2,1-3H3,(H2,25,27);1H2;3*1H. The van der Waals surface area contributed by atoms with Gasteiger partial charge in [-0.3, -0.25) is 4.21 Å². The Labute approximate surface area is 205 Å². The van der Waals surface area contributed by atoms with Crippen LogP contribution in [0, 0.1) is 0 Å². The summed E-state index contributed by atoms with van der Waals surface area (Å²) in [6, 6.07) is 15.3. The Hall–Kier alpha value is -3.47. The maximum atomic E-state index is 12.5. The van der Waals surface area contributed by atoms with Gasteiger partial charge >= 0.3 is 0 Å². The maximum Gasteiger partial charge on any atom is 0.270 e. The van der Waals surface area contributed by atoms with Crippen LogP contribution < -0.4 is 11.1 Å². The normalized spacial score (nSPS) is 12.7. The smallest absolute Gasteiger partial charge is 0.270 e. The molecule has 4 aromatic rings. The van der Waals surface area contributed by atoms with Crippen LogP contribution in [-0.2, 0) is 17.3 Å². The molecule has 0 spiro atoms. The van der Waals surface area contributed by atoms with Crippen molar-refractivity contribution in [3.05, 3.63) is 60.3 Å². The lowest BCUT2D eigenvalue weighted by atomic mass is 10.1. The van der Waals surface area contributed by atoms with E-state index in [9.17, 15) is 4.21 Å². The average molecular weight is 487 g/mol. The van der Waals surface area contributed by atoms with Gasteiger partial charge in [0.1, 0.15) is 0 Å². The van der Waals surface area contributed by atoms with Crippen molar-refractivity contribution >= 4 is 16.6 Å². The molecular weight excluding hydrogens is 452 g/mol. The molecule has 0 aliphatic heterocycles. The molecule has 184 valence electrons. The molecular formula is C24H34N6O3S. The minimum atomic E-state index is -1.04. The monoisotopic (exact) mass is 486 g/mol. The van der Waals surface area contributed by atoms with Crippen molar-refractivity contribution in [2.45, 2.75) is 37.0 Å². The van der Waals surface area contributed by atoms with Gasteiger partial charge in [-0.1, -0.05) is 38.1 Å². The van der Waals surface area contributed by atoms with Crippen molar-refractivity contribution in [3.8, 4) is 34.3 Å².